The van der Waals surface area contributed by atoms with Crippen molar-refractivity contribution in [1.82, 2.24) is 0 Å². The van der Waals surface area contributed by atoms with Crippen LogP contribution in [0.15, 0.2) is 0 Å². The van der Waals surface area contributed by atoms with Crippen LogP contribution < -0.4 is 0 Å². The number of carbonyl (C=O) groups is 1. The van der Waals surface area contributed by atoms with Crippen molar-refractivity contribution in [2.75, 3.05) is 0 Å². The summed E-state index contributed by atoms with van der Waals surface area (Å²) in [4.78, 5) is 9.44. The molecule has 0 aromatic heterocycles. The van der Waals surface area contributed by atoms with E-state index in [9.17, 15) is 4.79 Å². The normalized spacial score (nSPS) is 5.00. The molecule has 1 nitrogen and oxygen atoms in total. The van der Waals surface area contributed by atoms with Crippen molar-refractivity contribution < 1.29 is 4.79 Å². The van der Waals surface area contributed by atoms with Crippen molar-refractivity contribution in [1.29, 1.82) is 0 Å². The second-order valence-corrected chi connectivity index (χ2v) is 1.41. The van der Waals surface area contributed by atoms with E-state index in [0.29, 0.717) is 0 Å². The Labute approximate surface area is 51.1 Å². The van der Waals surface area contributed by atoms with Crippen LogP contribution in [0.4, 0.5) is 0 Å². The number of rotatable bonds is 0. The van der Waals surface area contributed by atoms with Crippen molar-refractivity contribution in [3.63, 3.8) is 0 Å². The first-order chi connectivity index (χ1) is 3.65. The van der Waals surface area contributed by atoms with Crippen molar-refractivity contribution >= 4 is 5.78 Å². The maximum atomic E-state index is 9.44. The number of ketones is 1. The smallest absolute Gasteiger partial charge is 0.126 e. The van der Waals surface area contributed by atoms with Crippen LogP contribution in [0, 0.1) is 11.8 Å². The lowest BCUT2D eigenvalue weighted by Crippen LogP contribution is -1.69. The van der Waals surface area contributed by atoms with Crippen LogP contribution in [-0.4, -0.2) is 5.78 Å². The summed E-state index contributed by atoms with van der Waals surface area (Å²) in [7, 11) is 0. The highest BCUT2D eigenvalue weighted by Crippen LogP contribution is 1.50. The molecule has 0 bridgehead atoms. The van der Waals surface area contributed by atoms with Crippen molar-refractivity contribution in [3.8, 4) is 11.8 Å². The molecule has 46 valence electrons. The first-order valence-corrected chi connectivity index (χ1v) is 2.45. The summed E-state index contributed by atoms with van der Waals surface area (Å²) in [6.07, 6.45) is 0. The highest BCUT2D eigenvalue weighted by Gasteiger charge is 1.62. The molecule has 8 heavy (non-hydrogen) atoms. The number of hydrogen-bond acceptors (Lipinski definition) is 1. The Kier molecular flexibility index (Phi) is 12.2. The predicted octanol–water partition coefficient (Wildman–Crippen LogP) is 1.62. The van der Waals surface area contributed by atoms with E-state index < -0.39 is 0 Å². The second-order valence-electron chi connectivity index (χ2n) is 1.41. The fraction of sp³-hybridized carbons (Fsp3) is 0.571. The monoisotopic (exact) mass is 112 g/mol. The molecule has 0 atom stereocenters. The zero-order valence-electron chi connectivity index (χ0n) is 5.91. The lowest BCUT2D eigenvalue weighted by atomic mass is 10.6. The lowest BCUT2D eigenvalue weighted by molar-refractivity contribution is -0.114. The number of Topliss-reactive ketones (excluding diaryl/α,β-unsaturated/α-hetero) is 1. The van der Waals surface area contributed by atoms with Crippen molar-refractivity contribution in [3.05, 3.63) is 0 Å². The molecule has 0 fully saturated rings. The van der Waals surface area contributed by atoms with E-state index in [1.54, 1.807) is 0 Å². The summed E-state index contributed by atoms with van der Waals surface area (Å²) in [5.41, 5.74) is 0. The van der Waals surface area contributed by atoms with Crippen LogP contribution in [0.25, 0.3) is 0 Å². The molecule has 0 saturated heterocycles. The zero-order chi connectivity index (χ0) is 6.99. The van der Waals surface area contributed by atoms with Gasteiger partial charge in [0.25, 0.3) is 0 Å². The van der Waals surface area contributed by atoms with Gasteiger partial charge in [-0.25, -0.2) is 0 Å². The van der Waals surface area contributed by atoms with Gasteiger partial charge in [0, 0.05) is 0 Å². The molecule has 0 heterocycles. The highest BCUT2D eigenvalue weighted by atomic mass is 16.1. The van der Waals surface area contributed by atoms with Crippen LogP contribution >= 0.6 is 0 Å². The maximum absolute atomic E-state index is 9.44. The summed E-state index contributed by atoms with van der Waals surface area (Å²) in [6.45, 7) is 6.69. The first-order valence-electron chi connectivity index (χ1n) is 2.45. The molecule has 0 spiro atoms. The summed E-state index contributed by atoms with van der Waals surface area (Å²) in [6, 6.07) is 0. The molecule has 0 unspecified atom stereocenters. The average molecular weight is 112 g/mol. The van der Waals surface area contributed by atoms with Gasteiger partial charge in [-0.3, -0.25) is 0 Å². The molecule has 0 aliphatic carbocycles. The van der Waals surface area contributed by atoms with Gasteiger partial charge in [0.1, 0.15) is 5.78 Å². The molecule has 0 amide bonds. The Morgan fingerprint density at radius 1 is 1.12 bits per heavy atom. The molecule has 0 rings (SSSR count). The number of hydrogen-bond donors (Lipinski definition) is 0. The molecule has 1 heteroatoms. The van der Waals surface area contributed by atoms with Gasteiger partial charge in [-0.15, -0.1) is 11.8 Å². The predicted molar refractivity (Wildman–Crippen MR) is 35.5 cm³/mol. The first kappa shape index (κ1) is 10.3. The van der Waals surface area contributed by atoms with E-state index in [1.165, 1.54) is 13.8 Å². The Bertz CT molecular complexity index is 93.3. The zero-order valence-corrected chi connectivity index (χ0v) is 5.91. The third-order valence-electron chi connectivity index (χ3n) is 0.250. The van der Waals surface area contributed by atoms with E-state index in [-0.39, 0.29) is 5.78 Å². The van der Waals surface area contributed by atoms with E-state index in [4.69, 9.17) is 0 Å². The molecular weight excluding hydrogens is 100 g/mol. The maximum Gasteiger partial charge on any atom is 0.126 e. The molecule has 0 aliphatic heterocycles. The van der Waals surface area contributed by atoms with Crippen LogP contribution in [-0.2, 0) is 4.79 Å². The van der Waals surface area contributed by atoms with Gasteiger partial charge < -0.3 is 4.79 Å². The minimum Gasteiger partial charge on any atom is -0.300 e. The Hall–Kier alpha value is -0.770. The van der Waals surface area contributed by atoms with Gasteiger partial charge in [0.2, 0.25) is 0 Å². The van der Waals surface area contributed by atoms with E-state index in [1.807, 2.05) is 13.8 Å². The molecule has 0 radical (unpaired) electrons. The van der Waals surface area contributed by atoms with Crippen LogP contribution in [0.1, 0.15) is 27.7 Å². The third kappa shape index (κ3) is 1770. The SMILES string of the molecule is CC#CC.CC(C)=O. The van der Waals surface area contributed by atoms with Gasteiger partial charge in [0.15, 0.2) is 0 Å². The van der Waals surface area contributed by atoms with Crippen molar-refractivity contribution in [2.45, 2.75) is 27.7 Å². The van der Waals surface area contributed by atoms with Gasteiger partial charge in [0.05, 0.1) is 0 Å². The topological polar surface area (TPSA) is 17.1 Å². The summed E-state index contributed by atoms with van der Waals surface area (Å²) < 4.78 is 0. The van der Waals surface area contributed by atoms with E-state index in [2.05, 4.69) is 11.8 Å². The van der Waals surface area contributed by atoms with Crippen LogP contribution in [0.2, 0.25) is 0 Å². The van der Waals surface area contributed by atoms with Gasteiger partial charge in [-0.2, -0.15) is 0 Å². The van der Waals surface area contributed by atoms with E-state index in [0.717, 1.165) is 0 Å². The second kappa shape index (κ2) is 9.52. The minimum absolute atomic E-state index is 0.167. The molecule has 0 aliphatic rings. The standard InChI is InChI=1S/C4H6.C3H6O/c1-3-4-2;1-3(2)4/h2*1-2H3. The Morgan fingerprint density at radius 2 is 1.25 bits per heavy atom. The molecule has 0 aromatic carbocycles. The minimum atomic E-state index is 0.167. The third-order valence-corrected chi connectivity index (χ3v) is 0.250. The summed E-state index contributed by atoms with van der Waals surface area (Å²) in [5.74, 6) is 5.53. The summed E-state index contributed by atoms with van der Waals surface area (Å²) >= 11 is 0. The highest BCUT2D eigenvalue weighted by molar-refractivity contribution is 5.72. The van der Waals surface area contributed by atoms with Crippen LogP contribution in [0.3, 0.4) is 0 Å². The van der Waals surface area contributed by atoms with Gasteiger partial charge in [-0.1, -0.05) is 0 Å². The average Bonchev–Trinajstić information content (AvgIpc) is 1.65. The molecular formula is C7H12O. The Balaban J connectivity index is 0. The number of carbonyl (C=O) groups excluding carboxylic acids is 1. The quantitative estimate of drug-likeness (QED) is 0.435. The Morgan fingerprint density at radius 3 is 1.25 bits per heavy atom. The van der Waals surface area contributed by atoms with Gasteiger partial charge >= 0.3 is 0 Å². The lowest BCUT2D eigenvalue weighted by Gasteiger charge is -1.56. The largest absolute Gasteiger partial charge is 0.300 e. The molecule has 0 saturated carbocycles. The molecule has 0 N–H and O–H groups in total. The van der Waals surface area contributed by atoms with Crippen LogP contribution in [0.5, 0.6) is 0 Å². The van der Waals surface area contributed by atoms with Crippen molar-refractivity contribution in [2.24, 2.45) is 0 Å². The fourth-order valence-electron chi connectivity index (χ4n) is 0. The van der Waals surface area contributed by atoms with E-state index >= 15 is 0 Å². The molecule has 0 aromatic rings. The fourth-order valence-corrected chi connectivity index (χ4v) is 0. The van der Waals surface area contributed by atoms with Gasteiger partial charge in [-0.05, 0) is 27.7 Å². The summed E-state index contributed by atoms with van der Waals surface area (Å²) in [5, 5.41) is 0.